The highest BCUT2D eigenvalue weighted by molar-refractivity contribution is 5.43. The molecule has 18 heavy (non-hydrogen) atoms. The molecule has 0 saturated carbocycles. The van der Waals surface area contributed by atoms with Gasteiger partial charge in [-0.05, 0) is 56.0 Å². The zero-order valence-corrected chi connectivity index (χ0v) is 11.3. The summed E-state index contributed by atoms with van der Waals surface area (Å²) in [6, 6.07) is 4.23. The zero-order valence-electron chi connectivity index (χ0n) is 11.3. The molecule has 98 valence electrons. The van der Waals surface area contributed by atoms with Gasteiger partial charge in [-0.1, -0.05) is 24.6 Å². The Morgan fingerprint density at radius 1 is 1.28 bits per heavy atom. The highest BCUT2D eigenvalue weighted by Gasteiger charge is 2.12. The molecule has 0 amide bonds. The molecule has 0 radical (unpaired) electrons. The highest BCUT2D eigenvalue weighted by atomic mass is 16.3. The van der Waals surface area contributed by atoms with E-state index in [4.69, 9.17) is 0 Å². The van der Waals surface area contributed by atoms with E-state index in [-0.39, 0.29) is 0 Å². The molecule has 0 aliphatic carbocycles. The van der Waals surface area contributed by atoms with Gasteiger partial charge in [0, 0.05) is 6.54 Å². The fourth-order valence-electron chi connectivity index (χ4n) is 2.71. The minimum absolute atomic E-state index is 0.428. The lowest BCUT2D eigenvalue weighted by atomic mass is 10.0. The Labute approximate surface area is 110 Å². The van der Waals surface area contributed by atoms with Crippen LogP contribution in [-0.2, 0) is 13.0 Å². The lowest BCUT2D eigenvalue weighted by Crippen LogP contribution is -2.29. The summed E-state index contributed by atoms with van der Waals surface area (Å²) in [4.78, 5) is 2.51. The second-order valence-electron chi connectivity index (χ2n) is 5.25. The first-order valence-corrected chi connectivity index (χ1v) is 6.85. The lowest BCUT2D eigenvalue weighted by Gasteiger charge is -2.26. The SMILES string of the molecule is C=CCc1cc(CN2CCCCC2)cc(C)c1O. The molecule has 1 aliphatic rings. The topological polar surface area (TPSA) is 23.5 Å². The van der Waals surface area contributed by atoms with Crippen LogP contribution in [0, 0.1) is 6.92 Å². The third-order valence-electron chi connectivity index (χ3n) is 3.66. The number of nitrogens with zero attached hydrogens (tertiary/aromatic N) is 1. The molecule has 0 spiro atoms. The summed E-state index contributed by atoms with van der Waals surface area (Å²) in [5, 5.41) is 10.00. The predicted octanol–water partition coefficient (Wildman–Crippen LogP) is 3.42. The van der Waals surface area contributed by atoms with Crippen LogP contribution in [0.4, 0.5) is 0 Å². The molecule has 1 saturated heterocycles. The molecule has 0 aromatic heterocycles. The third kappa shape index (κ3) is 3.14. The van der Waals surface area contributed by atoms with E-state index >= 15 is 0 Å². The van der Waals surface area contributed by atoms with Crippen LogP contribution < -0.4 is 0 Å². The summed E-state index contributed by atoms with van der Waals surface area (Å²) < 4.78 is 0. The molecule has 1 N–H and O–H groups in total. The maximum Gasteiger partial charge on any atom is 0.122 e. The van der Waals surface area contributed by atoms with Gasteiger partial charge in [0.2, 0.25) is 0 Å². The van der Waals surface area contributed by atoms with Crippen molar-refractivity contribution < 1.29 is 5.11 Å². The number of likely N-dealkylation sites (tertiary alicyclic amines) is 1. The summed E-state index contributed by atoms with van der Waals surface area (Å²) in [7, 11) is 0. The average Bonchev–Trinajstić information content (AvgIpc) is 2.37. The fraction of sp³-hybridized carbons (Fsp3) is 0.500. The summed E-state index contributed by atoms with van der Waals surface area (Å²) in [6.07, 6.45) is 6.58. The quantitative estimate of drug-likeness (QED) is 0.822. The van der Waals surface area contributed by atoms with Gasteiger partial charge in [-0.15, -0.1) is 6.58 Å². The van der Waals surface area contributed by atoms with Crippen molar-refractivity contribution in [1.29, 1.82) is 0 Å². The number of aromatic hydroxyl groups is 1. The van der Waals surface area contributed by atoms with Crippen molar-refractivity contribution in [3.05, 3.63) is 41.5 Å². The van der Waals surface area contributed by atoms with E-state index in [1.165, 1.54) is 37.9 Å². The van der Waals surface area contributed by atoms with Crippen LogP contribution in [0.2, 0.25) is 0 Å². The van der Waals surface area contributed by atoms with Crippen LogP contribution in [0.3, 0.4) is 0 Å². The van der Waals surface area contributed by atoms with Crippen molar-refractivity contribution in [2.45, 2.75) is 39.2 Å². The van der Waals surface area contributed by atoms with Crippen molar-refractivity contribution in [2.24, 2.45) is 0 Å². The van der Waals surface area contributed by atoms with E-state index in [1.54, 1.807) is 0 Å². The standard InChI is InChI=1S/C16H23NO/c1-3-7-15-11-14(10-13(2)16(15)18)12-17-8-5-4-6-9-17/h3,10-11,18H,1,4-9,12H2,2H3. The smallest absolute Gasteiger partial charge is 0.122 e. The summed E-state index contributed by atoms with van der Waals surface area (Å²) >= 11 is 0. The van der Waals surface area contributed by atoms with Gasteiger partial charge in [0.15, 0.2) is 0 Å². The summed E-state index contributed by atoms with van der Waals surface area (Å²) in [6.45, 7) is 9.14. The van der Waals surface area contributed by atoms with Crippen molar-refractivity contribution >= 4 is 0 Å². The van der Waals surface area contributed by atoms with Crippen molar-refractivity contribution in [2.75, 3.05) is 13.1 Å². The van der Waals surface area contributed by atoms with Crippen LogP contribution in [0.5, 0.6) is 5.75 Å². The molecule has 2 nitrogen and oxygen atoms in total. The molecule has 0 unspecified atom stereocenters. The van der Waals surface area contributed by atoms with Crippen LogP contribution in [0.15, 0.2) is 24.8 Å². The Hall–Kier alpha value is -1.28. The van der Waals surface area contributed by atoms with Crippen molar-refractivity contribution in [3.8, 4) is 5.75 Å². The van der Waals surface area contributed by atoms with Gasteiger partial charge in [-0.3, -0.25) is 4.90 Å². The van der Waals surface area contributed by atoms with Crippen molar-refractivity contribution in [1.82, 2.24) is 4.90 Å². The van der Waals surface area contributed by atoms with Gasteiger partial charge < -0.3 is 5.11 Å². The first-order valence-electron chi connectivity index (χ1n) is 6.85. The van der Waals surface area contributed by atoms with Crippen LogP contribution >= 0.6 is 0 Å². The molecule has 1 heterocycles. The molecule has 1 fully saturated rings. The number of rotatable bonds is 4. The van der Waals surface area contributed by atoms with E-state index < -0.39 is 0 Å². The first-order chi connectivity index (χ1) is 8.70. The Morgan fingerprint density at radius 2 is 2.00 bits per heavy atom. The van der Waals surface area contributed by atoms with Crippen LogP contribution in [-0.4, -0.2) is 23.1 Å². The maximum atomic E-state index is 10.00. The number of phenols is 1. The highest BCUT2D eigenvalue weighted by Crippen LogP contribution is 2.26. The molecule has 0 atom stereocenters. The van der Waals surface area contributed by atoms with E-state index in [0.717, 1.165) is 24.1 Å². The molecular weight excluding hydrogens is 222 g/mol. The Kier molecular flexibility index (Phi) is 4.43. The minimum Gasteiger partial charge on any atom is -0.507 e. The van der Waals surface area contributed by atoms with Gasteiger partial charge in [0.05, 0.1) is 0 Å². The number of phenolic OH excluding ortho intramolecular Hbond substituents is 1. The van der Waals surface area contributed by atoms with Crippen LogP contribution in [0.1, 0.15) is 36.0 Å². The van der Waals surface area contributed by atoms with Crippen LogP contribution in [0.25, 0.3) is 0 Å². The van der Waals surface area contributed by atoms with Crippen molar-refractivity contribution in [3.63, 3.8) is 0 Å². The largest absolute Gasteiger partial charge is 0.507 e. The molecule has 1 aromatic rings. The van der Waals surface area contributed by atoms with E-state index in [2.05, 4.69) is 23.6 Å². The van der Waals surface area contributed by atoms with Gasteiger partial charge in [-0.2, -0.15) is 0 Å². The monoisotopic (exact) mass is 245 g/mol. The van der Waals surface area contributed by atoms with Gasteiger partial charge >= 0.3 is 0 Å². The number of aryl methyl sites for hydroxylation is 1. The zero-order chi connectivity index (χ0) is 13.0. The molecule has 2 heteroatoms. The lowest BCUT2D eigenvalue weighted by molar-refractivity contribution is 0.221. The average molecular weight is 245 g/mol. The summed E-state index contributed by atoms with van der Waals surface area (Å²) in [5.74, 6) is 0.428. The van der Waals surface area contributed by atoms with E-state index in [9.17, 15) is 5.11 Å². The normalized spacial score (nSPS) is 16.7. The second-order valence-corrected chi connectivity index (χ2v) is 5.25. The number of allylic oxidation sites excluding steroid dienone is 1. The number of hydrogen-bond acceptors (Lipinski definition) is 2. The molecular formula is C16H23NO. The van der Waals surface area contributed by atoms with E-state index in [0.29, 0.717) is 5.75 Å². The molecule has 1 aliphatic heterocycles. The van der Waals surface area contributed by atoms with E-state index in [1.807, 2.05) is 13.0 Å². The first kappa shape index (κ1) is 13.2. The Balaban J connectivity index is 2.14. The predicted molar refractivity (Wildman–Crippen MR) is 75.9 cm³/mol. The summed E-state index contributed by atoms with van der Waals surface area (Å²) in [5.41, 5.74) is 3.28. The minimum atomic E-state index is 0.428. The molecule has 1 aromatic carbocycles. The van der Waals surface area contributed by atoms with Gasteiger partial charge in [0.25, 0.3) is 0 Å². The van der Waals surface area contributed by atoms with Gasteiger partial charge in [0.1, 0.15) is 5.75 Å². The van der Waals surface area contributed by atoms with Gasteiger partial charge in [-0.25, -0.2) is 0 Å². The molecule has 2 rings (SSSR count). The number of hydrogen-bond donors (Lipinski definition) is 1. The molecule has 0 bridgehead atoms. The number of piperidine rings is 1. The second kappa shape index (κ2) is 6.05. The third-order valence-corrected chi connectivity index (χ3v) is 3.66. The maximum absolute atomic E-state index is 10.00. The fourth-order valence-corrected chi connectivity index (χ4v) is 2.71. The number of benzene rings is 1. The Morgan fingerprint density at radius 3 is 2.67 bits per heavy atom. The Bertz CT molecular complexity index is 419.